The van der Waals surface area contributed by atoms with Gasteiger partial charge in [-0.1, -0.05) is 112 Å². The van der Waals surface area contributed by atoms with Crippen LogP contribution in [0.2, 0.25) is 5.02 Å². The van der Waals surface area contributed by atoms with E-state index in [0.717, 1.165) is 21.2 Å². The standard InChI is InChI=1S/C72H95ClN14O14/c1-41(2)33-54(64(93)80-53(20-10-11-31-77-42(3)4)72(101)87-32-14-21-60(87)69(98)78-43(5)63(75)92)81-68(97)58(38-62(74)91)84-70(99)61(36-46-24-28-51(90)29-25-46)86(7)71(100)59(40-88)85-66(95)56(35-47-15-13-30-76-39-47)83-65(94)55(34-45-22-26-50(73)27-23-45)82-67(96)57(79-44(6)89)37-49-18-12-17-48-16-8-9-19-52(48)49/h8-9,12-13,15-19,22-30,39,41-43,53-61,77,88,90H,10-11,14,20-21,31-38,40H2,1-7H3,(H2,74,91)(H2,75,92)(H,78,98)(H,79,89)(H,80,93)(H,81,97)(H,82,96)(H,83,94)(H,84,99)(H,85,95)/t43-,53+,54+,55-,56-,57-,58-,59+,60+,61+/m1/s1. The summed E-state index contributed by atoms with van der Waals surface area (Å²) >= 11 is 6.23. The molecule has 0 unspecified atom stereocenters. The van der Waals surface area contributed by atoms with Gasteiger partial charge >= 0.3 is 0 Å². The van der Waals surface area contributed by atoms with E-state index in [0.29, 0.717) is 47.5 Å². The molecule has 0 spiro atoms. The van der Waals surface area contributed by atoms with Crippen LogP contribution in [0.3, 0.4) is 0 Å². The Kier molecular flexibility index (Phi) is 30.9. The Hall–Kier alpha value is -10.1. The molecule has 1 fully saturated rings. The molecule has 544 valence electrons. The second-order valence-electron chi connectivity index (χ2n) is 26.1. The van der Waals surface area contributed by atoms with E-state index >= 15 is 0 Å². The number of unbranched alkanes of at least 4 members (excludes halogenated alkanes) is 1. The zero-order valence-electron chi connectivity index (χ0n) is 58.0. The van der Waals surface area contributed by atoms with Gasteiger partial charge in [-0.15, -0.1) is 0 Å². The Morgan fingerprint density at radius 1 is 0.614 bits per heavy atom. The van der Waals surface area contributed by atoms with Crippen LogP contribution in [0.4, 0.5) is 0 Å². The minimum atomic E-state index is -1.85. The highest BCUT2D eigenvalue weighted by molar-refractivity contribution is 6.30. The maximum absolute atomic E-state index is 14.9. The molecule has 2 heterocycles. The van der Waals surface area contributed by atoms with E-state index in [1.165, 1.54) is 62.5 Å². The number of benzene rings is 4. The fourth-order valence-electron chi connectivity index (χ4n) is 11.8. The van der Waals surface area contributed by atoms with Gasteiger partial charge < -0.3 is 79.3 Å². The number of nitrogens with one attached hydrogen (secondary N) is 9. The van der Waals surface area contributed by atoms with Crippen molar-refractivity contribution in [3.8, 4) is 5.75 Å². The number of aromatic nitrogens is 1. The number of carbonyl (C=O) groups is 12. The number of nitrogens with zero attached hydrogens (tertiary/aromatic N) is 3. The molecule has 29 heteroatoms. The molecule has 1 aliphatic rings. The molecule has 10 atom stereocenters. The molecule has 15 N–H and O–H groups in total. The van der Waals surface area contributed by atoms with E-state index in [-0.39, 0.29) is 69.2 Å². The number of aliphatic hydroxyl groups is 1. The van der Waals surface area contributed by atoms with Crippen LogP contribution in [0.1, 0.15) is 109 Å². The molecular weight excluding hydrogens is 1320 g/mol. The maximum atomic E-state index is 14.9. The van der Waals surface area contributed by atoms with E-state index in [2.05, 4.69) is 52.8 Å². The summed E-state index contributed by atoms with van der Waals surface area (Å²) in [5, 5.41) is 47.8. The van der Waals surface area contributed by atoms with Crippen LogP contribution in [-0.2, 0) is 83.2 Å². The number of pyridine rings is 1. The summed E-state index contributed by atoms with van der Waals surface area (Å²) in [6.45, 7) is 9.83. The molecule has 101 heavy (non-hydrogen) atoms. The first-order valence-corrected chi connectivity index (χ1v) is 34.2. The molecule has 28 nitrogen and oxygen atoms in total. The molecule has 1 aliphatic heterocycles. The van der Waals surface area contributed by atoms with Gasteiger partial charge in [-0.3, -0.25) is 62.5 Å². The summed E-state index contributed by atoms with van der Waals surface area (Å²) in [6, 6.07) is 14.3. The largest absolute Gasteiger partial charge is 0.508 e. The number of amides is 12. The third-order valence-electron chi connectivity index (χ3n) is 17.1. The van der Waals surface area contributed by atoms with Crippen molar-refractivity contribution in [1.82, 2.24) is 62.6 Å². The quantitative estimate of drug-likeness (QED) is 0.0247. The fraction of sp³-hybridized carbons (Fsp3) is 0.458. The van der Waals surface area contributed by atoms with Gasteiger partial charge in [0.15, 0.2) is 0 Å². The molecule has 0 aliphatic carbocycles. The molecule has 1 aromatic heterocycles. The van der Waals surface area contributed by atoms with Crippen LogP contribution >= 0.6 is 11.6 Å². The number of carbonyl (C=O) groups excluding carboxylic acids is 12. The predicted molar refractivity (Wildman–Crippen MR) is 377 cm³/mol. The highest BCUT2D eigenvalue weighted by Gasteiger charge is 2.41. The van der Waals surface area contributed by atoms with Gasteiger partial charge in [0.25, 0.3) is 0 Å². The van der Waals surface area contributed by atoms with Crippen molar-refractivity contribution < 1.29 is 67.7 Å². The summed E-state index contributed by atoms with van der Waals surface area (Å²) in [7, 11) is 1.18. The molecule has 0 radical (unpaired) electrons. The van der Waals surface area contributed by atoms with Crippen LogP contribution in [0, 0.1) is 5.92 Å². The Morgan fingerprint density at radius 2 is 1.18 bits per heavy atom. The average molecular weight is 1420 g/mol. The van der Waals surface area contributed by atoms with Crippen molar-refractivity contribution in [2.75, 3.05) is 26.7 Å². The maximum Gasteiger partial charge on any atom is 0.247 e. The van der Waals surface area contributed by atoms with Crippen LogP contribution in [-0.4, -0.2) is 189 Å². The Bertz CT molecular complexity index is 3690. The number of halogens is 1. The number of rotatable bonds is 38. The SMILES string of the molecule is CC(=O)N[C@H](Cc1cccc2ccccc12)C(=O)N[C@H](Cc1ccc(Cl)cc1)C(=O)N[C@H](Cc1cccnc1)C(=O)N[C@@H](CO)C(=O)N(C)[C@@H](Cc1ccc(O)cc1)C(=O)N[C@H](CC(N)=O)C(=O)N[C@@H](CC(C)C)C(=O)N[C@@H](CCCCNC(C)C)C(=O)N1CCC[C@H]1C(=O)N[C@H](C)C(N)=O. The van der Waals surface area contributed by atoms with Crippen molar-refractivity contribution in [1.29, 1.82) is 0 Å². The molecule has 12 amide bonds. The van der Waals surface area contributed by atoms with E-state index < -0.39 is 144 Å². The van der Waals surface area contributed by atoms with Gasteiger partial charge in [0.2, 0.25) is 70.9 Å². The van der Waals surface area contributed by atoms with Gasteiger partial charge in [0, 0.05) is 69.7 Å². The first-order valence-electron chi connectivity index (χ1n) is 33.8. The van der Waals surface area contributed by atoms with Gasteiger partial charge in [-0.05, 0) is 121 Å². The molecule has 5 aromatic rings. The van der Waals surface area contributed by atoms with E-state index in [1.54, 1.807) is 50.2 Å². The lowest BCUT2D eigenvalue weighted by atomic mass is 9.97. The number of nitrogens with two attached hydrogens (primary N) is 2. The third kappa shape index (κ3) is 25.0. The van der Waals surface area contributed by atoms with E-state index in [9.17, 15) is 67.7 Å². The van der Waals surface area contributed by atoms with E-state index in [1.807, 2.05) is 56.3 Å². The molecule has 0 bridgehead atoms. The van der Waals surface area contributed by atoms with Crippen molar-refractivity contribution in [3.05, 3.63) is 143 Å². The Balaban J connectivity index is 1.25. The van der Waals surface area contributed by atoms with Crippen LogP contribution in [0.5, 0.6) is 5.75 Å². The van der Waals surface area contributed by atoms with Crippen molar-refractivity contribution in [2.45, 2.75) is 179 Å². The molecule has 6 rings (SSSR count). The molecule has 1 saturated heterocycles. The number of phenols is 1. The number of likely N-dealkylation sites (N-methyl/N-ethyl adjacent to an activating group) is 1. The minimum Gasteiger partial charge on any atom is -0.508 e. The lowest BCUT2D eigenvalue weighted by Crippen LogP contribution is -2.62. The second-order valence-corrected chi connectivity index (χ2v) is 26.5. The highest BCUT2D eigenvalue weighted by Crippen LogP contribution is 2.24. The van der Waals surface area contributed by atoms with Crippen molar-refractivity contribution in [3.63, 3.8) is 0 Å². The highest BCUT2D eigenvalue weighted by atomic mass is 35.5. The summed E-state index contributed by atoms with van der Waals surface area (Å²) < 4.78 is 0. The smallest absolute Gasteiger partial charge is 0.247 e. The lowest BCUT2D eigenvalue weighted by Gasteiger charge is -2.32. The van der Waals surface area contributed by atoms with Gasteiger partial charge in [-0.2, -0.15) is 0 Å². The van der Waals surface area contributed by atoms with Crippen LogP contribution in [0.15, 0.2) is 116 Å². The number of hydrogen-bond acceptors (Lipinski definition) is 16. The first-order chi connectivity index (χ1) is 48.0. The zero-order chi connectivity index (χ0) is 74.0. The lowest BCUT2D eigenvalue weighted by molar-refractivity contribution is -0.144. The summed E-state index contributed by atoms with van der Waals surface area (Å²) in [6.07, 6.45) is 3.22. The summed E-state index contributed by atoms with van der Waals surface area (Å²) in [5.74, 6) is -10.6. The van der Waals surface area contributed by atoms with Gasteiger partial charge in [0.05, 0.1) is 13.0 Å². The van der Waals surface area contributed by atoms with Crippen LogP contribution < -0.4 is 59.3 Å². The number of aromatic hydroxyl groups is 1. The van der Waals surface area contributed by atoms with Gasteiger partial charge in [-0.25, -0.2) is 0 Å². The number of likely N-dealkylation sites (tertiary alicyclic amines) is 1. The minimum absolute atomic E-state index is 0.0242. The zero-order valence-corrected chi connectivity index (χ0v) is 58.7. The molecule has 4 aromatic carbocycles. The van der Waals surface area contributed by atoms with Crippen molar-refractivity contribution >= 4 is 93.3 Å². The molecular formula is C72H95ClN14O14. The number of fused-ring (bicyclic) bond motifs is 1. The second kappa shape index (κ2) is 39.1. The Labute approximate surface area is 592 Å². The predicted octanol–water partition coefficient (Wildman–Crippen LogP) is 1.17. The number of hydrogen-bond donors (Lipinski definition) is 13. The average Bonchev–Trinajstić information content (AvgIpc) is 1.80. The topological polar surface area (TPSA) is 425 Å². The van der Waals surface area contributed by atoms with Crippen LogP contribution in [0.25, 0.3) is 10.8 Å². The number of phenolic OH excluding ortho intramolecular Hbond substituents is 1. The molecule has 0 saturated carbocycles. The fourth-order valence-corrected chi connectivity index (χ4v) is 11.9. The first kappa shape index (κ1) is 79.9. The van der Waals surface area contributed by atoms with Gasteiger partial charge in [0.1, 0.15) is 66.2 Å². The van der Waals surface area contributed by atoms with Crippen molar-refractivity contribution in [2.24, 2.45) is 17.4 Å². The summed E-state index contributed by atoms with van der Waals surface area (Å²) in [4.78, 5) is 175. The number of primary amides is 2. The monoisotopic (exact) mass is 1410 g/mol. The third-order valence-corrected chi connectivity index (χ3v) is 17.4. The Morgan fingerprint density at radius 3 is 1.78 bits per heavy atom. The number of aliphatic hydroxyl groups excluding tert-OH is 1. The van der Waals surface area contributed by atoms with E-state index in [4.69, 9.17) is 23.1 Å². The normalized spacial score (nSPS) is 15.4. The summed E-state index contributed by atoms with van der Waals surface area (Å²) in [5.41, 5.74) is 13.2.